The third kappa shape index (κ3) is 3.74. The number of nitrogens with one attached hydrogen (secondary N) is 1. The summed E-state index contributed by atoms with van der Waals surface area (Å²) in [6.45, 7) is 0. The van der Waals surface area contributed by atoms with Crippen molar-refractivity contribution in [3.8, 4) is 5.69 Å². The average molecular weight is 445 g/mol. The number of benzene rings is 2. The quantitative estimate of drug-likeness (QED) is 0.445. The topological polar surface area (TPSA) is 92.2 Å². The van der Waals surface area contributed by atoms with E-state index in [9.17, 15) is 19.5 Å². The van der Waals surface area contributed by atoms with Crippen LogP contribution < -0.4 is 11.2 Å². The number of aromatic carboxylic acids is 1. The molecule has 0 aliphatic carbocycles. The molecule has 4 rings (SSSR count). The molecule has 2 aromatic carbocycles. The van der Waals surface area contributed by atoms with Crippen LogP contribution in [-0.2, 0) is 5.75 Å². The third-order valence-electron chi connectivity index (χ3n) is 4.25. The molecule has 0 saturated heterocycles. The lowest BCUT2D eigenvalue weighted by Gasteiger charge is -2.10. The van der Waals surface area contributed by atoms with Crippen molar-refractivity contribution in [1.29, 1.82) is 0 Å². The summed E-state index contributed by atoms with van der Waals surface area (Å²) in [6, 6.07) is 15.0. The van der Waals surface area contributed by atoms with Gasteiger partial charge in [-0.05, 0) is 23.8 Å². The number of thiophene rings is 1. The van der Waals surface area contributed by atoms with Gasteiger partial charge in [-0.15, -0.1) is 23.1 Å². The van der Waals surface area contributed by atoms with E-state index < -0.39 is 17.2 Å². The number of hydrogen-bond acceptors (Lipinski definition) is 5. The first-order valence-electron chi connectivity index (χ1n) is 8.42. The van der Waals surface area contributed by atoms with Crippen molar-refractivity contribution < 1.29 is 9.90 Å². The molecule has 4 aromatic rings. The maximum Gasteiger partial charge on any atom is 0.346 e. The Balaban J connectivity index is 1.81. The Morgan fingerprint density at radius 3 is 2.66 bits per heavy atom. The Hall–Kier alpha value is -2.81. The number of rotatable bonds is 5. The van der Waals surface area contributed by atoms with Crippen LogP contribution in [-0.4, -0.2) is 20.6 Å². The van der Waals surface area contributed by atoms with Crippen LogP contribution in [0.15, 0.2) is 68.4 Å². The van der Waals surface area contributed by atoms with Crippen LogP contribution in [0, 0.1) is 0 Å². The van der Waals surface area contributed by atoms with Crippen LogP contribution in [0.25, 0.3) is 16.6 Å². The van der Waals surface area contributed by atoms with Crippen molar-refractivity contribution in [3.63, 3.8) is 0 Å². The van der Waals surface area contributed by atoms with Crippen molar-refractivity contribution in [2.75, 3.05) is 0 Å². The van der Waals surface area contributed by atoms with Gasteiger partial charge in [0.25, 0.3) is 5.56 Å². The summed E-state index contributed by atoms with van der Waals surface area (Å²) in [5.74, 6) is -0.515. The van der Waals surface area contributed by atoms with Crippen molar-refractivity contribution in [2.24, 2.45) is 0 Å². The third-order valence-corrected chi connectivity index (χ3v) is 6.61. The second-order valence-corrected chi connectivity index (χ2v) is 8.45. The number of carbonyl (C=O) groups is 1. The molecule has 146 valence electrons. The van der Waals surface area contributed by atoms with Gasteiger partial charge in [0.1, 0.15) is 4.88 Å². The highest BCUT2D eigenvalue weighted by atomic mass is 35.5. The Labute approximate surface area is 177 Å². The standard InChI is InChI=1S/C20H13ClN2O4S2/c21-13-7-6-12(28-9-11-4-2-1-3-5-11)8-15(13)23-18(24)16-14(22-20(23)27)10-29-17(16)19(25)26/h1-8,10H,9H2,(H,22,27)(H,25,26). The molecular weight excluding hydrogens is 432 g/mol. The first kappa shape index (κ1) is 19.5. The van der Waals surface area contributed by atoms with E-state index in [2.05, 4.69) is 4.98 Å². The molecule has 0 unspecified atom stereocenters. The molecule has 0 bridgehead atoms. The molecule has 0 aliphatic heterocycles. The zero-order chi connectivity index (χ0) is 20.5. The predicted molar refractivity (Wildman–Crippen MR) is 116 cm³/mol. The minimum atomic E-state index is -1.22. The molecule has 0 radical (unpaired) electrons. The monoisotopic (exact) mass is 444 g/mol. The second-order valence-electron chi connectivity index (χ2n) is 6.12. The van der Waals surface area contributed by atoms with Crippen molar-refractivity contribution >= 4 is 51.6 Å². The lowest BCUT2D eigenvalue weighted by molar-refractivity contribution is 0.0704. The highest BCUT2D eigenvalue weighted by molar-refractivity contribution is 7.98. The lowest BCUT2D eigenvalue weighted by Crippen LogP contribution is -2.34. The van der Waals surface area contributed by atoms with Gasteiger partial charge in [-0.1, -0.05) is 41.9 Å². The fourth-order valence-electron chi connectivity index (χ4n) is 2.91. The number of aromatic nitrogens is 2. The van der Waals surface area contributed by atoms with Gasteiger partial charge in [0, 0.05) is 16.0 Å². The summed E-state index contributed by atoms with van der Waals surface area (Å²) in [6.07, 6.45) is 0. The van der Waals surface area contributed by atoms with Crippen LogP contribution >= 0.6 is 34.7 Å². The van der Waals surface area contributed by atoms with Gasteiger partial charge in [-0.3, -0.25) is 4.79 Å². The fraction of sp³-hybridized carbons (Fsp3) is 0.0500. The van der Waals surface area contributed by atoms with E-state index in [4.69, 9.17) is 11.6 Å². The Morgan fingerprint density at radius 2 is 1.93 bits per heavy atom. The Bertz CT molecular complexity index is 1340. The van der Waals surface area contributed by atoms with E-state index >= 15 is 0 Å². The van der Waals surface area contributed by atoms with E-state index in [-0.39, 0.29) is 26.5 Å². The van der Waals surface area contributed by atoms with Crippen LogP contribution in [0.4, 0.5) is 0 Å². The maximum atomic E-state index is 13.0. The normalized spacial score (nSPS) is 11.1. The molecule has 0 spiro atoms. The zero-order valence-corrected chi connectivity index (χ0v) is 17.1. The molecule has 2 heterocycles. The number of nitrogens with zero attached hydrogens (tertiary/aromatic N) is 1. The molecule has 0 saturated carbocycles. The molecule has 2 N–H and O–H groups in total. The summed E-state index contributed by atoms with van der Waals surface area (Å²) >= 11 is 8.71. The van der Waals surface area contributed by atoms with E-state index in [0.29, 0.717) is 5.75 Å². The maximum absolute atomic E-state index is 13.0. The molecule has 9 heteroatoms. The number of carboxylic acid groups (broad SMARTS) is 1. The Kier molecular flexibility index (Phi) is 5.31. The highest BCUT2D eigenvalue weighted by Gasteiger charge is 2.20. The molecule has 2 aromatic heterocycles. The van der Waals surface area contributed by atoms with Gasteiger partial charge in [-0.25, -0.2) is 14.2 Å². The van der Waals surface area contributed by atoms with E-state index in [0.717, 1.165) is 26.4 Å². The lowest BCUT2D eigenvalue weighted by atomic mass is 10.2. The van der Waals surface area contributed by atoms with E-state index in [1.165, 1.54) is 17.1 Å². The smallest absolute Gasteiger partial charge is 0.346 e. The van der Waals surface area contributed by atoms with Crippen LogP contribution in [0.5, 0.6) is 0 Å². The minimum absolute atomic E-state index is 0.0412. The van der Waals surface area contributed by atoms with Gasteiger partial charge in [0.2, 0.25) is 0 Å². The number of thioether (sulfide) groups is 1. The highest BCUT2D eigenvalue weighted by Crippen LogP contribution is 2.29. The van der Waals surface area contributed by atoms with Gasteiger partial charge in [-0.2, -0.15) is 0 Å². The first-order chi connectivity index (χ1) is 14.0. The number of H-pyrrole nitrogens is 1. The summed E-state index contributed by atoms with van der Waals surface area (Å²) < 4.78 is 0.885. The summed E-state index contributed by atoms with van der Waals surface area (Å²) in [5.41, 5.74) is 0.151. The van der Waals surface area contributed by atoms with Crippen molar-refractivity contribution in [2.45, 2.75) is 10.6 Å². The first-order valence-corrected chi connectivity index (χ1v) is 10.7. The van der Waals surface area contributed by atoms with Crippen LogP contribution in [0.2, 0.25) is 5.02 Å². The fourth-order valence-corrected chi connectivity index (χ4v) is 4.82. The minimum Gasteiger partial charge on any atom is -0.477 e. The van der Waals surface area contributed by atoms with E-state index in [1.807, 2.05) is 36.4 Å². The number of hydrogen-bond donors (Lipinski definition) is 2. The van der Waals surface area contributed by atoms with Crippen molar-refractivity contribution in [3.05, 3.63) is 90.2 Å². The number of aromatic amines is 1. The van der Waals surface area contributed by atoms with Gasteiger partial charge in [0.15, 0.2) is 0 Å². The summed E-state index contributed by atoms with van der Waals surface area (Å²) in [7, 11) is 0. The van der Waals surface area contributed by atoms with Gasteiger partial charge < -0.3 is 10.1 Å². The molecule has 6 nitrogen and oxygen atoms in total. The molecular formula is C20H13ClN2O4S2. The molecule has 0 aliphatic rings. The number of fused-ring (bicyclic) bond motifs is 1. The van der Waals surface area contributed by atoms with Crippen LogP contribution in [0.1, 0.15) is 15.2 Å². The van der Waals surface area contributed by atoms with Crippen LogP contribution in [0.3, 0.4) is 0 Å². The number of carboxylic acids is 1. The number of halogens is 1. The Morgan fingerprint density at radius 1 is 1.17 bits per heavy atom. The molecule has 0 fully saturated rings. The predicted octanol–water partition coefficient (Wildman–Crippen LogP) is 4.38. The largest absolute Gasteiger partial charge is 0.477 e. The van der Waals surface area contributed by atoms with Crippen molar-refractivity contribution in [1.82, 2.24) is 9.55 Å². The molecule has 29 heavy (non-hydrogen) atoms. The zero-order valence-electron chi connectivity index (χ0n) is 14.7. The molecule has 0 amide bonds. The average Bonchev–Trinajstić information content (AvgIpc) is 3.13. The molecule has 0 atom stereocenters. The van der Waals surface area contributed by atoms with Gasteiger partial charge >= 0.3 is 11.7 Å². The summed E-state index contributed by atoms with van der Waals surface area (Å²) in [4.78, 5) is 40.3. The second kappa shape index (κ2) is 7.90. The summed E-state index contributed by atoms with van der Waals surface area (Å²) in [5, 5.41) is 11.0. The van der Waals surface area contributed by atoms with Gasteiger partial charge in [0.05, 0.1) is 21.6 Å². The van der Waals surface area contributed by atoms with E-state index in [1.54, 1.807) is 12.1 Å². The SMILES string of the molecule is O=C(O)c1scc2[nH]c(=O)n(-c3cc(SCc4ccccc4)ccc3Cl)c(=O)c12.